The zero-order chi connectivity index (χ0) is 15.0. The number of aliphatic hydroxyl groups excluding tert-OH is 1. The van der Waals surface area contributed by atoms with E-state index in [9.17, 15) is 9.50 Å². The quantitative estimate of drug-likeness (QED) is 0.782. The Labute approximate surface area is 130 Å². The van der Waals surface area contributed by atoms with Crippen molar-refractivity contribution in [2.45, 2.75) is 12.5 Å². The number of hydrogen-bond acceptors (Lipinski definition) is 2. The van der Waals surface area contributed by atoms with Gasteiger partial charge in [-0.05, 0) is 28.1 Å². The fourth-order valence-electron chi connectivity index (χ4n) is 2.51. The molecule has 2 aromatic carbocycles. The molecular formula is C16H14BrFN2O. The van der Waals surface area contributed by atoms with E-state index in [0.29, 0.717) is 4.47 Å². The van der Waals surface area contributed by atoms with E-state index in [1.807, 2.05) is 31.3 Å². The Morgan fingerprint density at radius 1 is 1.24 bits per heavy atom. The van der Waals surface area contributed by atoms with Gasteiger partial charge in [-0.2, -0.15) is 5.10 Å². The predicted octanol–water partition coefficient (Wildman–Crippen LogP) is 3.75. The molecule has 1 heterocycles. The smallest absolute Gasteiger partial charge is 0.143 e. The monoisotopic (exact) mass is 348 g/mol. The van der Waals surface area contributed by atoms with E-state index in [2.05, 4.69) is 21.0 Å². The molecule has 1 atom stereocenters. The number of aliphatic hydroxyl groups is 1. The number of rotatable bonds is 3. The molecule has 1 unspecified atom stereocenters. The highest BCUT2D eigenvalue weighted by Crippen LogP contribution is 2.28. The second-order valence-corrected chi connectivity index (χ2v) is 5.80. The summed E-state index contributed by atoms with van der Waals surface area (Å²) in [7, 11) is 1.86. The second kappa shape index (κ2) is 5.58. The lowest BCUT2D eigenvalue weighted by Gasteiger charge is -2.11. The molecule has 108 valence electrons. The van der Waals surface area contributed by atoms with E-state index < -0.39 is 11.9 Å². The molecule has 0 bridgehead atoms. The zero-order valence-electron chi connectivity index (χ0n) is 11.4. The zero-order valence-corrected chi connectivity index (χ0v) is 13.0. The molecule has 3 nitrogen and oxygen atoms in total. The van der Waals surface area contributed by atoms with Crippen molar-refractivity contribution in [1.29, 1.82) is 0 Å². The summed E-state index contributed by atoms with van der Waals surface area (Å²) in [5.41, 5.74) is 2.04. The van der Waals surface area contributed by atoms with E-state index in [4.69, 9.17) is 0 Å². The average Bonchev–Trinajstić information content (AvgIpc) is 2.79. The van der Waals surface area contributed by atoms with Crippen LogP contribution in [-0.4, -0.2) is 14.9 Å². The number of hydrogen-bond donors (Lipinski definition) is 1. The molecule has 0 spiro atoms. The molecule has 0 aliphatic carbocycles. The number of aromatic nitrogens is 2. The van der Waals surface area contributed by atoms with Crippen LogP contribution in [0.2, 0.25) is 0 Å². The van der Waals surface area contributed by atoms with E-state index in [1.165, 1.54) is 0 Å². The van der Waals surface area contributed by atoms with Crippen LogP contribution in [0.3, 0.4) is 0 Å². The van der Waals surface area contributed by atoms with E-state index in [-0.39, 0.29) is 12.0 Å². The van der Waals surface area contributed by atoms with Crippen LogP contribution in [0.4, 0.5) is 4.39 Å². The maximum atomic E-state index is 14.0. The van der Waals surface area contributed by atoms with Gasteiger partial charge in [-0.1, -0.05) is 30.3 Å². The van der Waals surface area contributed by atoms with Crippen molar-refractivity contribution >= 4 is 26.8 Å². The molecule has 0 amide bonds. The van der Waals surface area contributed by atoms with Gasteiger partial charge >= 0.3 is 0 Å². The molecule has 3 aromatic rings. The molecule has 0 fully saturated rings. The maximum Gasteiger partial charge on any atom is 0.143 e. The molecule has 0 radical (unpaired) electrons. The van der Waals surface area contributed by atoms with Gasteiger partial charge in [0.15, 0.2) is 0 Å². The van der Waals surface area contributed by atoms with Gasteiger partial charge < -0.3 is 5.11 Å². The van der Waals surface area contributed by atoms with Gasteiger partial charge in [0.1, 0.15) is 5.82 Å². The van der Waals surface area contributed by atoms with Gasteiger partial charge in [-0.25, -0.2) is 4.39 Å². The van der Waals surface area contributed by atoms with E-state index in [1.54, 1.807) is 22.9 Å². The standard InChI is InChI=1S/C16H14BrFN2O/c1-20-14-8-3-2-5-10(14)13(19-20)9-15(21)11-6-4-7-12(17)16(11)18/h2-8,15,21H,9H2,1H3. The first-order chi connectivity index (χ1) is 10.1. The summed E-state index contributed by atoms with van der Waals surface area (Å²) in [5.74, 6) is -0.426. The minimum atomic E-state index is -0.930. The third kappa shape index (κ3) is 2.59. The second-order valence-electron chi connectivity index (χ2n) is 4.95. The van der Waals surface area contributed by atoms with Crippen LogP contribution in [0.5, 0.6) is 0 Å². The molecule has 0 aliphatic heterocycles. The normalized spacial score (nSPS) is 12.8. The molecule has 21 heavy (non-hydrogen) atoms. The molecular weight excluding hydrogens is 335 g/mol. The van der Waals surface area contributed by atoms with Crippen LogP contribution in [0, 0.1) is 5.82 Å². The molecule has 0 saturated heterocycles. The summed E-state index contributed by atoms with van der Waals surface area (Å²) < 4.78 is 16.2. The van der Waals surface area contributed by atoms with E-state index in [0.717, 1.165) is 16.6 Å². The Hall–Kier alpha value is -1.72. The lowest BCUT2D eigenvalue weighted by Crippen LogP contribution is -2.06. The summed E-state index contributed by atoms with van der Waals surface area (Å²) in [6.07, 6.45) is -0.657. The van der Waals surface area contributed by atoms with Gasteiger partial charge in [0, 0.05) is 24.4 Å². The van der Waals surface area contributed by atoms with Crippen molar-refractivity contribution in [3.8, 4) is 0 Å². The molecule has 1 aromatic heterocycles. The highest BCUT2D eigenvalue weighted by atomic mass is 79.9. The van der Waals surface area contributed by atoms with Crippen molar-refractivity contribution in [1.82, 2.24) is 9.78 Å². The highest BCUT2D eigenvalue weighted by molar-refractivity contribution is 9.10. The fraction of sp³-hybridized carbons (Fsp3) is 0.188. The number of fused-ring (bicyclic) bond motifs is 1. The topological polar surface area (TPSA) is 38.0 Å². The third-order valence-electron chi connectivity index (χ3n) is 3.56. The predicted molar refractivity (Wildman–Crippen MR) is 83.5 cm³/mol. The fourth-order valence-corrected chi connectivity index (χ4v) is 2.89. The van der Waals surface area contributed by atoms with Gasteiger partial charge in [-0.3, -0.25) is 4.68 Å². The van der Waals surface area contributed by atoms with Gasteiger partial charge in [0.25, 0.3) is 0 Å². The summed E-state index contributed by atoms with van der Waals surface area (Å²) in [6.45, 7) is 0. The highest BCUT2D eigenvalue weighted by Gasteiger charge is 2.18. The average molecular weight is 349 g/mol. The number of para-hydroxylation sites is 1. The molecule has 0 saturated carbocycles. The van der Waals surface area contributed by atoms with Crippen molar-refractivity contribution < 1.29 is 9.50 Å². The number of nitrogens with zero attached hydrogens (tertiary/aromatic N) is 2. The Balaban J connectivity index is 1.97. The number of halogens is 2. The Kier molecular flexibility index (Phi) is 3.78. The maximum absolute atomic E-state index is 14.0. The lowest BCUT2D eigenvalue weighted by atomic mass is 10.0. The van der Waals surface area contributed by atoms with Gasteiger partial charge in [-0.15, -0.1) is 0 Å². The summed E-state index contributed by atoms with van der Waals surface area (Å²) >= 11 is 3.14. The molecule has 5 heteroatoms. The van der Waals surface area contributed by atoms with Crippen LogP contribution in [0.15, 0.2) is 46.9 Å². The first kappa shape index (κ1) is 14.2. The number of aryl methyl sites for hydroxylation is 1. The molecule has 1 N–H and O–H groups in total. The summed E-state index contributed by atoms with van der Waals surface area (Å²) in [5, 5.41) is 15.7. The minimum Gasteiger partial charge on any atom is -0.388 e. The minimum absolute atomic E-state index is 0.273. The van der Waals surface area contributed by atoms with Crippen LogP contribution < -0.4 is 0 Å². The van der Waals surface area contributed by atoms with Crippen molar-refractivity contribution in [2.24, 2.45) is 7.05 Å². The first-order valence-electron chi connectivity index (χ1n) is 6.60. The van der Waals surface area contributed by atoms with Crippen molar-refractivity contribution in [3.63, 3.8) is 0 Å². The van der Waals surface area contributed by atoms with Crippen molar-refractivity contribution in [2.75, 3.05) is 0 Å². The van der Waals surface area contributed by atoms with E-state index >= 15 is 0 Å². The Morgan fingerprint density at radius 3 is 2.81 bits per heavy atom. The van der Waals surface area contributed by atoms with Gasteiger partial charge in [0.05, 0.1) is 21.8 Å². The molecule has 0 aliphatic rings. The SMILES string of the molecule is Cn1nc(CC(O)c2cccc(Br)c2F)c2ccccc21. The first-order valence-corrected chi connectivity index (χ1v) is 7.40. The Morgan fingerprint density at radius 2 is 2.00 bits per heavy atom. The Bertz CT molecular complexity index is 800. The largest absolute Gasteiger partial charge is 0.388 e. The van der Waals surface area contributed by atoms with Crippen LogP contribution in [0.25, 0.3) is 10.9 Å². The molecule has 3 rings (SSSR count). The van der Waals surface area contributed by atoms with Crippen molar-refractivity contribution in [3.05, 3.63) is 64.0 Å². The van der Waals surface area contributed by atoms with Crippen LogP contribution >= 0.6 is 15.9 Å². The third-order valence-corrected chi connectivity index (χ3v) is 4.17. The van der Waals surface area contributed by atoms with Crippen LogP contribution in [0.1, 0.15) is 17.4 Å². The summed E-state index contributed by atoms with van der Waals surface area (Å²) in [4.78, 5) is 0. The van der Waals surface area contributed by atoms with Crippen LogP contribution in [-0.2, 0) is 13.5 Å². The van der Waals surface area contributed by atoms with Gasteiger partial charge in [0.2, 0.25) is 0 Å². The summed E-state index contributed by atoms with van der Waals surface area (Å²) in [6, 6.07) is 12.7. The lowest BCUT2D eigenvalue weighted by molar-refractivity contribution is 0.172. The number of benzene rings is 2.